The molecule has 17 heavy (non-hydrogen) atoms. The van der Waals surface area contributed by atoms with Gasteiger partial charge in [0.05, 0.1) is 0 Å². The first-order valence-electron chi connectivity index (χ1n) is 6.44. The molecule has 0 radical (unpaired) electrons. The summed E-state index contributed by atoms with van der Waals surface area (Å²) in [5.74, 6) is 0.223. The highest BCUT2D eigenvalue weighted by atomic mass is 16.1. The molecule has 0 spiro atoms. The third-order valence-electron chi connectivity index (χ3n) is 2.46. The van der Waals surface area contributed by atoms with Crippen molar-refractivity contribution in [3.63, 3.8) is 0 Å². The maximum Gasteiger partial charge on any atom is 0.164 e. The molecule has 0 aromatic heterocycles. The summed E-state index contributed by atoms with van der Waals surface area (Å²) >= 11 is 0. The first-order chi connectivity index (χ1) is 8.26. The van der Waals surface area contributed by atoms with Crippen LogP contribution in [0.25, 0.3) is 0 Å². The monoisotopic (exact) mass is 235 g/mol. The van der Waals surface area contributed by atoms with E-state index in [-0.39, 0.29) is 5.78 Å². The molecule has 0 aliphatic heterocycles. The molecule has 0 aliphatic rings. The summed E-state index contributed by atoms with van der Waals surface area (Å²) in [7, 11) is 1.82. The van der Waals surface area contributed by atoms with Gasteiger partial charge in [-0.15, -0.1) is 6.58 Å². The van der Waals surface area contributed by atoms with Gasteiger partial charge in [-0.05, 0) is 25.7 Å². The third kappa shape index (κ3) is 8.49. The van der Waals surface area contributed by atoms with Crippen LogP contribution in [0.5, 0.6) is 0 Å². The van der Waals surface area contributed by atoms with Crippen LogP contribution in [-0.2, 0) is 4.79 Å². The number of Topliss-reactive ketones (excluding diaryl/α,β-unsaturated/α-hetero) is 1. The molecule has 0 atom stereocenters. The summed E-state index contributed by atoms with van der Waals surface area (Å²) < 4.78 is 0. The van der Waals surface area contributed by atoms with E-state index < -0.39 is 0 Å². The summed E-state index contributed by atoms with van der Waals surface area (Å²) in [5.41, 5.74) is 0.777. The second-order valence-corrected chi connectivity index (χ2v) is 4.04. The quantitative estimate of drug-likeness (QED) is 0.270. The standard InChI is InChI=1S/C15H25NO/c1-4-6-8-9-10-11-14(13-16-3)15(17)12-7-5-2/h4,10-11,13,16H,1,5-9,12H2,2-3H3/b11-10+,14-13+. The Morgan fingerprint density at radius 2 is 2.06 bits per heavy atom. The SMILES string of the molecule is C=CCCC/C=C/C(=C\NC)C(=O)CCCC. The fourth-order valence-corrected chi connectivity index (χ4v) is 1.45. The Bertz CT molecular complexity index is 277. The lowest BCUT2D eigenvalue weighted by Gasteiger charge is -2.01. The van der Waals surface area contributed by atoms with Gasteiger partial charge in [0.1, 0.15) is 0 Å². The van der Waals surface area contributed by atoms with Crippen molar-refractivity contribution in [1.29, 1.82) is 0 Å². The summed E-state index contributed by atoms with van der Waals surface area (Å²) in [6.07, 6.45) is 13.5. The number of hydrogen-bond acceptors (Lipinski definition) is 2. The Morgan fingerprint density at radius 3 is 2.65 bits per heavy atom. The molecular weight excluding hydrogens is 210 g/mol. The Kier molecular flexibility index (Phi) is 10.3. The van der Waals surface area contributed by atoms with Crippen LogP contribution in [0.2, 0.25) is 0 Å². The minimum atomic E-state index is 0.223. The molecule has 0 unspecified atom stereocenters. The van der Waals surface area contributed by atoms with Crippen molar-refractivity contribution < 1.29 is 4.79 Å². The van der Waals surface area contributed by atoms with Crippen molar-refractivity contribution in [2.45, 2.75) is 45.4 Å². The molecule has 0 rings (SSSR count). The fourth-order valence-electron chi connectivity index (χ4n) is 1.45. The Labute approximate surface area is 105 Å². The van der Waals surface area contributed by atoms with Gasteiger partial charge in [-0.1, -0.05) is 31.6 Å². The first kappa shape index (κ1) is 15.7. The van der Waals surface area contributed by atoms with Crippen LogP contribution in [0.15, 0.2) is 36.6 Å². The lowest BCUT2D eigenvalue weighted by atomic mass is 10.1. The second-order valence-electron chi connectivity index (χ2n) is 4.04. The number of ketones is 1. The highest BCUT2D eigenvalue weighted by molar-refractivity contribution is 5.97. The van der Waals surface area contributed by atoms with Gasteiger partial charge in [-0.25, -0.2) is 0 Å². The lowest BCUT2D eigenvalue weighted by molar-refractivity contribution is -0.115. The van der Waals surface area contributed by atoms with Crippen LogP contribution in [0.3, 0.4) is 0 Å². The van der Waals surface area contributed by atoms with Crippen LogP contribution in [-0.4, -0.2) is 12.8 Å². The van der Waals surface area contributed by atoms with E-state index in [2.05, 4.69) is 24.9 Å². The van der Waals surface area contributed by atoms with E-state index >= 15 is 0 Å². The van der Waals surface area contributed by atoms with Gasteiger partial charge in [0.15, 0.2) is 5.78 Å². The van der Waals surface area contributed by atoms with Crippen molar-refractivity contribution in [3.8, 4) is 0 Å². The van der Waals surface area contributed by atoms with Gasteiger partial charge in [-0.2, -0.15) is 0 Å². The third-order valence-corrected chi connectivity index (χ3v) is 2.46. The van der Waals surface area contributed by atoms with Crippen LogP contribution in [0.1, 0.15) is 45.4 Å². The number of hydrogen-bond donors (Lipinski definition) is 1. The van der Waals surface area contributed by atoms with Crippen LogP contribution in [0, 0.1) is 0 Å². The second kappa shape index (κ2) is 11.2. The molecule has 2 heteroatoms. The molecule has 96 valence electrons. The average Bonchev–Trinajstić information content (AvgIpc) is 2.34. The topological polar surface area (TPSA) is 29.1 Å². The van der Waals surface area contributed by atoms with Gasteiger partial charge in [0, 0.05) is 25.2 Å². The minimum Gasteiger partial charge on any atom is -0.393 e. The summed E-state index contributed by atoms with van der Waals surface area (Å²) in [5, 5.41) is 2.93. The Balaban J connectivity index is 4.18. The summed E-state index contributed by atoms with van der Waals surface area (Å²) in [4.78, 5) is 11.8. The number of carbonyl (C=O) groups is 1. The Hall–Kier alpha value is -1.31. The molecule has 1 N–H and O–H groups in total. The van der Waals surface area contributed by atoms with Gasteiger partial charge in [0.25, 0.3) is 0 Å². The van der Waals surface area contributed by atoms with Crippen LogP contribution in [0.4, 0.5) is 0 Å². The van der Waals surface area contributed by atoms with E-state index in [0.717, 1.165) is 37.7 Å². The summed E-state index contributed by atoms with van der Waals surface area (Å²) in [6.45, 7) is 5.78. The minimum absolute atomic E-state index is 0.223. The van der Waals surface area contributed by atoms with Crippen LogP contribution < -0.4 is 5.32 Å². The van der Waals surface area contributed by atoms with E-state index in [4.69, 9.17) is 0 Å². The number of unbranched alkanes of at least 4 members (excludes halogenated alkanes) is 3. The maximum absolute atomic E-state index is 11.8. The normalized spacial score (nSPS) is 11.8. The van der Waals surface area contributed by atoms with E-state index in [0.29, 0.717) is 6.42 Å². The van der Waals surface area contributed by atoms with Gasteiger partial charge in [0.2, 0.25) is 0 Å². The zero-order valence-corrected chi connectivity index (χ0v) is 11.2. The zero-order valence-electron chi connectivity index (χ0n) is 11.2. The van der Waals surface area contributed by atoms with Gasteiger partial charge >= 0.3 is 0 Å². The van der Waals surface area contributed by atoms with Crippen molar-refractivity contribution in [3.05, 3.63) is 36.6 Å². The molecule has 0 fully saturated rings. The smallest absolute Gasteiger partial charge is 0.164 e. The number of rotatable bonds is 10. The highest BCUT2D eigenvalue weighted by Crippen LogP contribution is 2.07. The molecule has 0 saturated heterocycles. The van der Waals surface area contributed by atoms with Crippen molar-refractivity contribution >= 4 is 5.78 Å². The number of nitrogens with one attached hydrogen (secondary N) is 1. The molecule has 2 nitrogen and oxygen atoms in total. The molecule has 0 heterocycles. The van der Waals surface area contributed by atoms with Crippen molar-refractivity contribution in [2.24, 2.45) is 0 Å². The van der Waals surface area contributed by atoms with E-state index in [1.54, 1.807) is 6.20 Å². The van der Waals surface area contributed by atoms with Crippen molar-refractivity contribution in [2.75, 3.05) is 7.05 Å². The van der Waals surface area contributed by atoms with Gasteiger partial charge in [-0.3, -0.25) is 4.79 Å². The molecule has 0 aromatic carbocycles. The van der Waals surface area contributed by atoms with E-state index in [1.807, 2.05) is 19.2 Å². The first-order valence-corrected chi connectivity index (χ1v) is 6.44. The zero-order chi connectivity index (χ0) is 12.9. The molecule has 0 bridgehead atoms. The van der Waals surface area contributed by atoms with E-state index in [1.165, 1.54) is 0 Å². The van der Waals surface area contributed by atoms with Crippen LogP contribution >= 0.6 is 0 Å². The highest BCUT2D eigenvalue weighted by Gasteiger charge is 2.04. The lowest BCUT2D eigenvalue weighted by Crippen LogP contribution is -2.05. The molecule has 0 amide bonds. The number of carbonyl (C=O) groups excluding carboxylic acids is 1. The predicted octanol–water partition coefficient (Wildman–Crippen LogP) is 3.76. The molecule has 0 aliphatic carbocycles. The predicted molar refractivity (Wildman–Crippen MR) is 74.9 cm³/mol. The van der Waals surface area contributed by atoms with Crippen molar-refractivity contribution in [1.82, 2.24) is 5.32 Å². The molecular formula is C15H25NO. The van der Waals surface area contributed by atoms with E-state index in [9.17, 15) is 4.79 Å². The largest absolute Gasteiger partial charge is 0.393 e. The fraction of sp³-hybridized carbons (Fsp3) is 0.533. The van der Waals surface area contributed by atoms with Gasteiger partial charge < -0.3 is 5.32 Å². The Morgan fingerprint density at radius 1 is 1.29 bits per heavy atom. The maximum atomic E-state index is 11.8. The molecule has 0 aromatic rings. The molecule has 0 saturated carbocycles. The number of allylic oxidation sites excluding steroid dienone is 4. The summed E-state index contributed by atoms with van der Waals surface area (Å²) in [6, 6.07) is 0. The average molecular weight is 235 g/mol.